The van der Waals surface area contributed by atoms with Crippen LogP contribution in [0.2, 0.25) is 0 Å². The summed E-state index contributed by atoms with van der Waals surface area (Å²) in [6.07, 6.45) is 3.51. The molecule has 0 radical (unpaired) electrons. The second kappa shape index (κ2) is 9.14. The molecule has 1 aromatic heterocycles. The summed E-state index contributed by atoms with van der Waals surface area (Å²) in [7, 11) is 0. The maximum absolute atomic E-state index is 13.7. The summed E-state index contributed by atoms with van der Waals surface area (Å²) in [5, 5.41) is 2.21. The largest absolute Gasteiger partial charge is 0.379 e. The molecule has 0 unspecified atom stereocenters. The molecule has 31 heavy (non-hydrogen) atoms. The van der Waals surface area contributed by atoms with Crippen molar-refractivity contribution in [2.24, 2.45) is 0 Å². The van der Waals surface area contributed by atoms with Crippen molar-refractivity contribution < 1.29 is 14.3 Å². The zero-order valence-corrected chi connectivity index (χ0v) is 17.5. The van der Waals surface area contributed by atoms with E-state index in [1.54, 1.807) is 6.20 Å². The molecule has 2 atom stereocenters. The monoisotopic (exact) mass is 417 g/mol. The van der Waals surface area contributed by atoms with Crippen molar-refractivity contribution in [3.8, 4) is 0 Å². The first-order valence-corrected chi connectivity index (χ1v) is 10.9. The predicted octanol–water partition coefficient (Wildman–Crippen LogP) is 3.15. The minimum atomic E-state index is -0.177. The average molecular weight is 418 g/mol. The van der Waals surface area contributed by atoms with E-state index in [1.165, 1.54) is 0 Å². The molecule has 0 spiro atoms. The summed E-state index contributed by atoms with van der Waals surface area (Å²) < 4.78 is 11.7. The fourth-order valence-electron chi connectivity index (χ4n) is 4.59. The third kappa shape index (κ3) is 4.32. The van der Waals surface area contributed by atoms with E-state index in [0.717, 1.165) is 49.2 Å². The van der Waals surface area contributed by atoms with Crippen LogP contribution in [0, 0.1) is 0 Å². The van der Waals surface area contributed by atoms with E-state index in [0.29, 0.717) is 18.7 Å². The molecule has 2 aromatic carbocycles. The number of hydrogen-bond acceptors (Lipinski definition) is 5. The summed E-state index contributed by atoms with van der Waals surface area (Å²) in [5.41, 5.74) is 1.72. The Bertz CT molecular complexity index is 1040. The number of carbonyl (C=O) groups excluding carboxylic acids is 1. The van der Waals surface area contributed by atoms with E-state index in [9.17, 15) is 4.79 Å². The standard InChI is InChI=1S/C25H27N3O3/c29-25(21-8-7-19-4-1-2-5-20(19)16-21)28-12-15-31-23(18-27-10-13-30-14-11-27)24(28)22-6-3-9-26-17-22/h1-9,16-17,23-24H,10-15,18H2/t23-,24-/m0/s1. The van der Waals surface area contributed by atoms with Crippen molar-refractivity contribution in [2.45, 2.75) is 12.1 Å². The SMILES string of the molecule is O=C(c1ccc2ccccc2c1)N1CCO[C@@H](CN2CCOCC2)[C@@H]1c1cccnc1. The second-order valence-electron chi connectivity index (χ2n) is 8.11. The lowest BCUT2D eigenvalue weighted by Crippen LogP contribution is -2.53. The predicted molar refractivity (Wildman–Crippen MR) is 119 cm³/mol. The van der Waals surface area contributed by atoms with Crippen LogP contribution in [0.3, 0.4) is 0 Å². The van der Waals surface area contributed by atoms with E-state index < -0.39 is 0 Å². The number of aromatic nitrogens is 1. The van der Waals surface area contributed by atoms with Gasteiger partial charge < -0.3 is 14.4 Å². The van der Waals surface area contributed by atoms with E-state index in [4.69, 9.17) is 9.47 Å². The van der Waals surface area contributed by atoms with Crippen LogP contribution < -0.4 is 0 Å². The normalized spacial score (nSPS) is 22.5. The highest BCUT2D eigenvalue weighted by molar-refractivity contribution is 5.98. The van der Waals surface area contributed by atoms with Gasteiger partial charge in [0.1, 0.15) is 0 Å². The molecule has 2 fully saturated rings. The summed E-state index contributed by atoms with van der Waals surface area (Å²) in [6.45, 7) is 5.12. The van der Waals surface area contributed by atoms with Gasteiger partial charge in [0, 0.05) is 44.1 Å². The minimum absolute atomic E-state index is 0.0369. The number of rotatable bonds is 4. The molecule has 1 amide bonds. The molecule has 0 aliphatic carbocycles. The molecule has 2 saturated heterocycles. The zero-order chi connectivity index (χ0) is 21.0. The first-order valence-electron chi connectivity index (χ1n) is 10.9. The number of nitrogens with zero attached hydrogens (tertiary/aromatic N) is 3. The lowest BCUT2D eigenvalue weighted by molar-refractivity contribution is -0.0819. The quantitative estimate of drug-likeness (QED) is 0.653. The Morgan fingerprint density at radius 3 is 2.61 bits per heavy atom. The molecule has 2 aliphatic rings. The van der Waals surface area contributed by atoms with Crippen molar-refractivity contribution in [3.63, 3.8) is 0 Å². The maximum Gasteiger partial charge on any atom is 0.254 e. The molecule has 3 heterocycles. The van der Waals surface area contributed by atoms with Crippen molar-refractivity contribution in [1.82, 2.24) is 14.8 Å². The van der Waals surface area contributed by atoms with E-state index in [1.807, 2.05) is 59.6 Å². The number of amides is 1. The molecule has 5 rings (SSSR count). The third-order valence-corrected chi connectivity index (χ3v) is 6.18. The van der Waals surface area contributed by atoms with Crippen LogP contribution in [0.1, 0.15) is 22.0 Å². The Labute approximate surface area is 182 Å². The van der Waals surface area contributed by atoms with Crippen molar-refractivity contribution in [2.75, 3.05) is 46.0 Å². The number of ether oxygens (including phenoxy) is 2. The Morgan fingerprint density at radius 2 is 1.81 bits per heavy atom. The number of pyridine rings is 1. The van der Waals surface area contributed by atoms with Crippen molar-refractivity contribution in [1.29, 1.82) is 0 Å². The lowest BCUT2D eigenvalue weighted by atomic mass is 9.97. The van der Waals surface area contributed by atoms with Gasteiger partial charge in [0.05, 0.1) is 32.0 Å². The van der Waals surface area contributed by atoms with Crippen LogP contribution in [-0.4, -0.2) is 72.8 Å². The molecule has 3 aromatic rings. The summed E-state index contributed by atoms with van der Waals surface area (Å²) in [4.78, 5) is 22.3. The zero-order valence-electron chi connectivity index (χ0n) is 17.5. The smallest absolute Gasteiger partial charge is 0.254 e. The fourth-order valence-corrected chi connectivity index (χ4v) is 4.59. The molecular weight excluding hydrogens is 390 g/mol. The van der Waals surface area contributed by atoms with Gasteiger partial charge in [-0.3, -0.25) is 14.7 Å². The topological polar surface area (TPSA) is 54.9 Å². The number of morpholine rings is 2. The highest BCUT2D eigenvalue weighted by atomic mass is 16.5. The Kier molecular flexibility index (Phi) is 5.93. The third-order valence-electron chi connectivity index (χ3n) is 6.18. The summed E-state index contributed by atoms with van der Waals surface area (Å²) >= 11 is 0. The number of fused-ring (bicyclic) bond motifs is 1. The van der Waals surface area contributed by atoms with Gasteiger partial charge in [-0.2, -0.15) is 0 Å². The minimum Gasteiger partial charge on any atom is -0.379 e. The van der Waals surface area contributed by atoms with Gasteiger partial charge in [-0.1, -0.05) is 36.4 Å². The van der Waals surface area contributed by atoms with Crippen LogP contribution in [0.4, 0.5) is 0 Å². The van der Waals surface area contributed by atoms with Crippen molar-refractivity contribution >= 4 is 16.7 Å². The molecule has 160 valence electrons. The highest BCUT2D eigenvalue weighted by Gasteiger charge is 2.38. The van der Waals surface area contributed by atoms with Crippen LogP contribution in [-0.2, 0) is 9.47 Å². The van der Waals surface area contributed by atoms with Gasteiger partial charge in [-0.15, -0.1) is 0 Å². The van der Waals surface area contributed by atoms with Crippen LogP contribution in [0.25, 0.3) is 10.8 Å². The Hall–Kier alpha value is -2.80. The van der Waals surface area contributed by atoms with Crippen LogP contribution >= 0.6 is 0 Å². The number of carbonyl (C=O) groups is 1. The first kappa shape index (κ1) is 20.1. The average Bonchev–Trinajstić information content (AvgIpc) is 2.84. The van der Waals surface area contributed by atoms with Gasteiger partial charge in [0.15, 0.2) is 0 Å². The summed E-state index contributed by atoms with van der Waals surface area (Å²) in [5.74, 6) is 0.0369. The molecule has 6 heteroatoms. The summed E-state index contributed by atoms with van der Waals surface area (Å²) in [6, 6.07) is 17.9. The van der Waals surface area contributed by atoms with Crippen LogP contribution in [0.15, 0.2) is 67.0 Å². The van der Waals surface area contributed by atoms with Gasteiger partial charge in [0.25, 0.3) is 5.91 Å². The Morgan fingerprint density at radius 1 is 0.968 bits per heavy atom. The van der Waals surface area contributed by atoms with E-state index in [2.05, 4.69) is 16.0 Å². The second-order valence-corrected chi connectivity index (χ2v) is 8.11. The molecule has 0 saturated carbocycles. The maximum atomic E-state index is 13.7. The van der Waals surface area contributed by atoms with Gasteiger partial charge in [0.2, 0.25) is 0 Å². The lowest BCUT2D eigenvalue weighted by Gasteiger charge is -2.43. The first-order chi connectivity index (χ1) is 15.3. The number of benzene rings is 2. The van der Waals surface area contributed by atoms with E-state index >= 15 is 0 Å². The highest BCUT2D eigenvalue weighted by Crippen LogP contribution is 2.32. The van der Waals surface area contributed by atoms with Gasteiger partial charge >= 0.3 is 0 Å². The van der Waals surface area contributed by atoms with E-state index in [-0.39, 0.29) is 18.1 Å². The Balaban J connectivity index is 1.46. The molecule has 0 bridgehead atoms. The van der Waals surface area contributed by atoms with Crippen molar-refractivity contribution in [3.05, 3.63) is 78.1 Å². The fraction of sp³-hybridized carbons (Fsp3) is 0.360. The molecular formula is C25H27N3O3. The molecule has 0 N–H and O–H groups in total. The number of hydrogen-bond donors (Lipinski definition) is 0. The molecule has 6 nitrogen and oxygen atoms in total. The van der Waals surface area contributed by atoms with Gasteiger partial charge in [-0.25, -0.2) is 0 Å². The van der Waals surface area contributed by atoms with Crippen LogP contribution in [0.5, 0.6) is 0 Å². The van der Waals surface area contributed by atoms with Gasteiger partial charge in [-0.05, 0) is 34.5 Å². The molecule has 2 aliphatic heterocycles.